The Bertz CT molecular complexity index is 845. The quantitative estimate of drug-likeness (QED) is 0.791. The summed E-state index contributed by atoms with van der Waals surface area (Å²) < 4.78 is 0. The van der Waals surface area contributed by atoms with E-state index in [1.54, 1.807) is 11.3 Å². The van der Waals surface area contributed by atoms with Crippen molar-refractivity contribution in [3.8, 4) is 10.4 Å². The maximum atomic E-state index is 13.1. The summed E-state index contributed by atoms with van der Waals surface area (Å²) in [7, 11) is 0. The van der Waals surface area contributed by atoms with Gasteiger partial charge in [-0.05, 0) is 30.1 Å². The molecule has 0 aliphatic carbocycles. The van der Waals surface area contributed by atoms with Crippen LogP contribution in [-0.2, 0) is 0 Å². The van der Waals surface area contributed by atoms with E-state index in [4.69, 9.17) is 0 Å². The van der Waals surface area contributed by atoms with E-state index >= 15 is 0 Å². The molecule has 2 aromatic heterocycles. The second kappa shape index (κ2) is 6.42. The van der Waals surface area contributed by atoms with Gasteiger partial charge >= 0.3 is 0 Å². The molecule has 0 bridgehead atoms. The Balaban J connectivity index is 1.71. The molecule has 1 saturated heterocycles. The Labute approximate surface area is 145 Å². The summed E-state index contributed by atoms with van der Waals surface area (Å²) in [5.41, 5.74) is 2.95. The zero-order chi connectivity index (χ0) is 16.5. The van der Waals surface area contributed by atoms with Gasteiger partial charge in [0, 0.05) is 59.3 Å². The van der Waals surface area contributed by atoms with Crippen LogP contribution in [0.5, 0.6) is 0 Å². The Kier molecular flexibility index (Phi) is 4.12. The molecule has 1 amide bonds. The van der Waals surface area contributed by atoms with Crippen LogP contribution >= 0.6 is 11.3 Å². The first kappa shape index (κ1) is 15.4. The minimum Gasteiger partial charge on any atom is -0.360 e. The number of carbonyl (C=O) groups is 1. The van der Waals surface area contributed by atoms with Gasteiger partial charge in [-0.3, -0.25) is 4.79 Å². The first-order valence-electron chi connectivity index (χ1n) is 8.43. The van der Waals surface area contributed by atoms with Crippen LogP contribution < -0.4 is 0 Å². The standard InChI is InChI=1S/C19H21N3OS/c1-2-21-8-10-22(11-9-21)19(23)14-5-3-6-16-18(14)15(13-20-16)17-7-4-12-24-17/h3-7,12-13,20H,2,8-11H2,1H3. The predicted molar refractivity (Wildman–Crippen MR) is 99.6 cm³/mol. The van der Waals surface area contributed by atoms with E-state index in [1.807, 2.05) is 35.4 Å². The van der Waals surface area contributed by atoms with Crippen LogP contribution in [0.2, 0.25) is 0 Å². The third kappa shape index (κ3) is 2.64. The monoisotopic (exact) mass is 339 g/mol. The maximum absolute atomic E-state index is 13.1. The third-order valence-corrected chi connectivity index (χ3v) is 5.73. The van der Waals surface area contributed by atoms with E-state index in [9.17, 15) is 4.79 Å². The minimum atomic E-state index is 0.147. The number of fused-ring (bicyclic) bond motifs is 1. The Morgan fingerprint density at radius 2 is 2.00 bits per heavy atom. The molecule has 0 radical (unpaired) electrons. The molecule has 3 aromatic rings. The predicted octanol–water partition coefficient (Wildman–Crippen LogP) is 3.67. The van der Waals surface area contributed by atoms with Crippen molar-refractivity contribution in [2.75, 3.05) is 32.7 Å². The molecule has 1 aliphatic heterocycles. The van der Waals surface area contributed by atoms with Gasteiger partial charge in [0.1, 0.15) is 0 Å². The van der Waals surface area contributed by atoms with Gasteiger partial charge in [0.25, 0.3) is 5.91 Å². The summed E-state index contributed by atoms with van der Waals surface area (Å²) in [5.74, 6) is 0.147. The Morgan fingerprint density at radius 3 is 2.71 bits per heavy atom. The highest BCUT2D eigenvalue weighted by molar-refractivity contribution is 7.13. The molecule has 124 valence electrons. The summed E-state index contributed by atoms with van der Waals surface area (Å²) >= 11 is 1.70. The SMILES string of the molecule is CCN1CCN(C(=O)c2cccc3[nH]cc(-c4cccs4)c23)CC1. The Morgan fingerprint density at radius 1 is 1.17 bits per heavy atom. The van der Waals surface area contributed by atoms with Crippen molar-refractivity contribution >= 4 is 28.1 Å². The average molecular weight is 339 g/mol. The molecule has 0 unspecified atom stereocenters. The van der Waals surface area contributed by atoms with Crippen molar-refractivity contribution < 1.29 is 4.79 Å². The lowest BCUT2D eigenvalue weighted by Crippen LogP contribution is -2.48. The fourth-order valence-electron chi connectivity index (χ4n) is 3.43. The second-order valence-corrected chi connectivity index (χ2v) is 7.08. The summed E-state index contributed by atoms with van der Waals surface area (Å²) in [6, 6.07) is 10.1. The van der Waals surface area contributed by atoms with Crippen LogP contribution in [0.1, 0.15) is 17.3 Å². The van der Waals surface area contributed by atoms with Gasteiger partial charge in [0.05, 0.1) is 0 Å². The highest BCUT2D eigenvalue weighted by Gasteiger charge is 2.24. The summed E-state index contributed by atoms with van der Waals surface area (Å²) in [4.78, 5) is 22.0. The largest absolute Gasteiger partial charge is 0.360 e. The van der Waals surface area contributed by atoms with Crippen molar-refractivity contribution in [3.63, 3.8) is 0 Å². The van der Waals surface area contributed by atoms with Crippen molar-refractivity contribution in [3.05, 3.63) is 47.5 Å². The van der Waals surface area contributed by atoms with Gasteiger partial charge in [0.2, 0.25) is 0 Å². The number of rotatable bonds is 3. The summed E-state index contributed by atoms with van der Waals surface area (Å²) in [6.45, 7) is 6.76. The third-order valence-electron chi connectivity index (χ3n) is 4.83. The number of thiophene rings is 1. The number of aromatic nitrogens is 1. The van der Waals surface area contributed by atoms with Crippen LogP contribution in [-0.4, -0.2) is 53.4 Å². The number of piperazine rings is 1. The van der Waals surface area contributed by atoms with Crippen LogP contribution in [0.4, 0.5) is 0 Å². The molecular weight excluding hydrogens is 318 g/mol. The molecule has 1 aliphatic rings. The van der Waals surface area contributed by atoms with Crippen LogP contribution in [0.15, 0.2) is 41.9 Å². The van der Waals surface area contributed by atoms with Gasteiger partial charge in [-0.15, -0.1) is 11.3 Å². The van der Waals surface area contributed by atoms with E-state index in [0.717, 1.165) is 54.8 Å². The molecular formula is C19H21N3OS. The molecule has 0 saturated carbocycles. The van der Waals surface area contributed by atoms with Crippen LogP contribution in [0.25, 0.3) is 21.3 Å². The molecule has 4 rings (SSSR count). The number of nitrogens with zero attached hydrogens (tertiary/aromatic N) is 2. The number of H-pyrrole nitrogens is 1. The fourth-order valence-corrected chi connectivity index (χ4v) is 4.18. The first-order valence-corrected chi connectivity index (χ1v) is 9.31. The molecule has 1 fully saturated rings. The fraction of sp³-hybridized carbons (Fsp3) is 0.316. The van der Waals surface area contributed by atoms with Gasteiger partial charge in [-0.25, -0.2) is 0 Å². The number of hydrogen-bond donors (Lipinski definition) is 1. The zero-order valence-corrected chi connectivity index (χ0v) is 14.6. The Hall–Kier alpha value is -2.11. The van der Waals surface area contributed by atoms with Gasteiger partial charge < -0.3 is 14.8 Å². The number of benzene rings is 1. The van der Waals surface area contributed by atoms with Gasteiger partial charge in [-0.2, -0.15) is 0 Å². The van der Waals surface area contributed by atoms with E-state index in [-0.39, 0.29) is 5.91 Å². The molecule has 4 nitrogen and oxygen atoms in total. The molecule has 24 heavy (non-hydrogen) atoms. The molecule has 0 atom stereocenters. The van der Waals surface area contributed by atoms with E-state index < -0.39 is 0 Å². The summed E-state index contributed by atoms with van der Waals surface area (Å²) in [5, 5.41) is 3.12. The summed E-state index contributed by atoms with van der Waals surface area (Å²) in [6.07, 6.45) is 2.02. The van der Waals surface area contributed by atoms with Gasteiger partial charge in [0.15, 0.2) is 0 Å². The minimum absolute atomic E-state index is 0.147. The number of aromatic amines is 1. The molecule has 0 spiro atoms. The number of likely N-dealkylation sites (N-methyl/N-ethyl adjacent to an activating group) is 1. The topological polar surface area (TPSA) is 39.3 Å². The zero-order valence-electron chi connectivity index (χ0n) is 13.8. The normalized spacial score (nSPS) is 16.0. The lowest BCUT2D eigenvalue weighted by molar-refractivity contribution is 0.0645. The molecule has 3 heterocycles. The molecule has 1 aromatic carbocycles. The van der Waals surface area contributed by atoms with Crippen LogP contribution in [0.3, 0.4) is 0 Å². The van der Waals surface area contributed by atoms with Crippen molar-refractivity contribution in [1.82, 2.24) is 14.8 Å². The van der Waals surface area contributed by atoms with Gasteiger partial charge in [-0.1, -0.05) is 19.1 Å². The van der Waals surface area contributed by atoms with E-state index in [1.165, 1.54) is 4.88 Å². The molecule has 1 N–H and O–H groups in total. The maximum Gasteiger partial charge on any atom is 0.254 e. The number of nitrogens with one attached hydrogen (secondary N) is 1. The lowest BCUT2D eigenvalue weighted by Gasteiger charge is -2.34. The van der Waals surface area contributed by atoms with Crippen molar-refractivity contribution in [2.45, 2.75) is 6.92 Å². The van der Waals surface area contributed by atoms with Crippen molar-refractivity contribution in [1.29, 1.82) is 0 Å². The number of carbonyl (C=O) groups excluding carboxylic acids is 1. The first-order chi connectivity index (χ1) is 11.8. The second-order valence-electron chi connectivity index (χ2n) is 6.13. The van der Waals surface area contributed by atoms with E-state index in [2.05, 4.69) is 28.3 Å². The average Bonchev–Trinajstić information content (AvgIpc) is 3.30. The lowest BCUT2D eigenvalue weighted by atomic mass is 10.0. The van der Waals surface area contributed by atoms with E-state index in [0.29, 0.717) is 0 Å². The van der Waals surface area contributed by atoms with Crippen molar-refractivity contribution in [2.24, 2.45) is 0 Å². The van der Waals surface area contributed by atoms with Crippen LogP contribution in [0, 0.1) is 0 Å². The highest BCUT2D eigenvalue weighted by atomic mass is 32.1. The number of hydrogen-bond acceptors (Lipinski definition) is 3. The smallest absolute Gasteiger partial charge is 0.254 e. The highest BCUT2D eigenvalue weighted by Crippen LogP contribution is 2.34. The molecule has 5 heteroatoms. The number of amides is 1.